The van der Waals surface area contributed by atoms with Crippen molar-refractivity contribution < 1.29 is 14.6 Å². The maximum Gasteiger partial charge on any atom is 0.404 e. The molecule has 0 saturated heterocycles. The van der Waals surface area contributed by atoms with Gasteiger partial charge >= 0.3 is 6.09 Å². The van der Waals surface area contributed by atoms with Crippen LogP contribution in [0.1, 0.15) is 20.3 Å². The van der Waals surface area contributed by atoms with Gasteiger partial charge in [-0.25, -0.2) is 4.79 Å². The Morgan fingerprint density at radius 1 is 1.38 bits per heavy atom. The normalized spacial score (nSPS) is 11.5. The van der Waals surface area contributed by atoms with Gasteiger partial charge in [-0.05, 0) is 50.6 Å². The Kier molecular flexibility index (Phi) is 8.09. The number of hydrogen-bond donors (Lipinski definition) is 2. The van der Waals surface area contributed by atoms with Gasteiger partial charge in [0, 0.05) is 19.6 Å². The molecule has 1 rings (SSSR count). The number of nitrogens with one attached hydrogen (secondary N) is 1. The van der Waals surface area contributed by atoms with E-state index >= 15 is 0 Å². The van der Waals surface area contributed by atoms with Gasteiger partial charge in [0.15, 0.2) is 0 Å². The van der Waals surface area contributed by atoms with Crippen molar-refractivity contribution in [2.75, 3.05) is 26.7 Å². The smallest absolute Gasteiger partial charge is 0.404 e. The van der Waals surface area contributed by atoms with E-state index in [9.17, 15) is 4.79 Å². The molecule has 1 aromatic carbocycles. The van der Waals surface area contributed by atoms with E-state index in [0.717, 1.165) is 25.3 Å². The highest BCUT2D eigenvalue weighted by molar-refractivity contribution is 7.44. The Morgan fingerprint density at radius 3 is 2.57 bits per heavy atom. The lowest BCUT2D eigenvalue weighted by Gasteiger charge is -2.24. The second-order valence-electron chi connectivity index (χ2n) is 5.27. The van der Waals surface area contributed by atoms with Crippen LogP contribution in [0.4, 0.5) is 4.79 Å². The van der Waals surface area contributed by atoms with E-state index in [-0.39, 0.29) is 0 Å². The van der Waals surface area contributed by atoms with Crippen LogP contribution < -0.4 is 15.4 Å². The predicted octanol–water partition coefficient (Wildman–Crippen LogP) is 2.53. The fourth-order valence-corrected chi connectivity index (χ4v) is 3.35. The van der Waals surface area contributed by atoms with Gasteiger partial charge < -0.3 is 15.2 Å². The van der Waals surface area contributed by atoms with Gasteiger partial charge in [0.2, 0.25) is 0 Å². The first-order chi connectivity index (χ1) is 10.0. The molecule has 1 unspecified atom stereocenters. The molecule has 5 nitrogen and oxygen atoms in total. The fourth-order valence-electron chi connectivity index (χ4n) is 1.95. The van der Waals surface area contributed by atoms with Crippen LogP contribution in [0.3, 0.4) is 0 Å². The summed E-state index contributed by atoms with van der Waals surface area (Å²) in [5, 5.41) is 12.2. The van der Waals surface area contributed by atoms with E-state index in [1.807, 2.05) is 12.1 Å². The average Bonchev–Trinajstić information content (AvgIpc) is 2.43. The van der Waals surface area contributed by atoms with E-state index in [0.29, 0.717) is 21.2 Å². The molecule has 0 radical (unpaired) electrons. The highest BCUT2D eigenvalue weighted by Crippen LogP contribution is 2.21. The Hall–Kier alpha value is -1.32. The van der Waals surface area contributed by atoms with Crippen LogP contribution in [0.5, 0.6) is 5.75 Å². The minimum atomic E-state index is -0.956. The molecule has 0 bridgehead atoms. The summed E-state index contributed by atoms with van der Waals surface area (Å²) in [6.45, 7) is 6.79. The zero-order chi connectivity index (χ0) is 15.7. The molecule has 0 aliphatic heterocycles. The first kappa shape index (κ1) is 17.7. The Labute approximate surface area is 128 Å². The first-order valence-electron chi connectivity index (χ1n) is 7.13. The molecule has 0 spiro atoms. The summed E-state index contributed by atoms with van der Waals surface area (Å²) in [6.07, 6.45) is -0.134. The summed E-state index contributed by atoms with van der Waals surface area (Å²) >= 11 is 0. The number of methoxy groups -OCH3 is 1. The van der Waals surface area contributed by atoms with Crippen molar-refractivity contribution in [1.29, 1.82) is 0 Å². The van der Waals surface area contributed by atoms with Crippen LogP contribution in [-0.4, -0.2) is 42.6 Å². The van der Waals surface area contributed by atoms with Crippen LogP contribution in [0.25, 0.3) is 0 Å². The number of carbonyl (C=O) groups is 1. The zero-order valence-corrected chi connectivity index (χ0v) is 13.9. The van der Waals surface area contributed by atoms with Crippen molar-refractivity contribution in [3.05, 3.63) is 24.3 Å². The summed E-state index contributed by atoms with van der Waals surface area (Å²) in [7, 11) is 2.26. The minimum absolute atomic E-state index is 0.497. The van der Waals surface area contributed by atoms with E-state index in [4.69, 9.17) is 9.84 Å². The molecule has 0 aromatic heterocycles. The van der Waals surface area contributed by atoms with Crippen molar-refractivity contribution in [2.24, 2.45) is 5.92 Å². The molecule has 2 N–H and O–H groups in total. The van der Waals surface area contributed by atoms with Gasteiger partial charge in [0.1, 0.15) is 5.75 Å². The second kappa shape index (κ2) is 9.59. The lowest BCUT2D eigenvalue weighted by Crippen LogP contribution is -2.28. The summed E-state index contributed by atoms with van der Waals surface area (Å²) in [4.78, 5) is 10.4. The highest BCUT2D eigenvalue weighted by Gasteiger charge is 2.09. The Bertz CT molecular complexity index is 423. The maximum atomic E-state index is 10.4. The molecule has 0 aliphatic carbocycles. The summed E-state index contributed by atoms with van der Waals surface area (Å²) in [6, 6.07) is 8.12. The second-order valence-corrected chi connectivity index (χ2v) is 6.70. The number of hydrogen-bond acceptors (Lipinski definition) is 3. The molecular weight excluding hydrogens is 287 g/mol. The number of nitrogens with zero attached hydrogens (tertiary/aromatic N) is 1. The number of ether oxygens (including phenoxy) is 1. The van der Waals surface area contributed by atoms with Crippen molar-refractivity contribution in [3.63, 3.8) is 0 Å². The summed E-state index contributed by atoms with van der Waals surface area (Å²) in [5.41, 5.74) is 0. The predicted molar refractivity (Wildman–Crippen MR) is 88.0 cm³/mol. The first-order valence-corrected chi connectivity index (χ1v) is 8.08. The van der Waals surface area contributed by atoms with Crippen LogP contribution in [0.2, 0.25) is 0 Å². The molecule has 0 fully saturated rings. The largest absolute Gasteiger partial charge is 0.497 e. The van der Waals surface area contributed by atoms with E-state index in [2.05, 4.69) is 36.0 Å². The molecular formula is C15H25N2O3P. The van der Waals surface area contributed by atoms with Crippen LogP contribution in [-0.2, 0) is 0 Å². The molecule has 6 heteroatoms. The van der Waals surface area contributed by atoms with Gasteiger partial charge in [-0.15, -0.1) is 0 Å². The lowest BCUT2D eigenvalue weighted by atomic mass is 10.2. The van der Waals surface area contributed by atoms with Crippen molar-refractivity contribution >= 4 is 20.1 Å². The van der Waals surface area contributed by atoms with Gasteiger partial charge in [-0.2, -0.15) is 0 Å². The third-order valence-corrected chi connectivity index (χ3v) is 4.16. The fraction of sp³-hybridized carbons (Fsp3) is 0.533. The van der Waals surface area contributed by atoms with E-state index in [1.54, 1.807) is 7.11 Å². The number of benzene rings is 1. The third kappa shape index (κ3) is 7.88. The monoisotopic (exact) mass is 312 g/mol. The summed E-state index contributed by atoms with van der Waals surface area (Å²) < 4.78 is 7.55. The molecule has 118 valence electrons. The Morgan fingerprint density at radius 2 is 2.05 bits per heavy atom. The molecule has 0 heterocycles. The molecule has 21 heavy (non-hydrogen) atoms. The third-order valence-electron chi connectivity index (χ3n) is 2.84. The van der Waals surface area contributed by atoms with Gasteiger partial charge in [-0.3, -0.25) is 4.67 Å². The van der Waals surface area contributed by atoms with E-state index in [1.165, 1.54) is 5.30 Å². The molecule has 0 aliphatic rings. The summed E-state index contributed by atoms with van der Waals surface area (Å²) in [5.74, 6) is 1.45. The number of carboxylic acid groups (broad SMARTS) is 1. The van der Waals surface area contributed by atoms with Gasteiger partial charge in [0.05, 0.1) is 7.11 Å². The quantitative estimate of drug-likeness (QED) is 0.543. The lowest BCUT2D eigenvalue weighted by molar-refractivity contribution is 0.194. The van der Waals surface area contributed by atoms with Gasteiger partial charge in [0.25, 0.3) is 0 Å². The standard InChI is InChI=1S/C15H25N2O3P/c1-12(2)11-17(10-4-9-16-15(18)19)21-14-7-5-13(20-3)6-8-14/h5-8,12,16,21H,4,9-11H2,1-3H3,(H,18,19). The average molecular weight is 312 g/mol. The molecule has 1 amide bonds. The minimum Gasteiger partial charge on any atom is -0.497 e. The highest BCUT2D eigenvalue weighted by atomic mass is 31.1. The molecule has 1 aromatic rings. The van der Waals surface area contributed by atoms with Crippen LogP contribution in [0.15, 0.2) is 24.3 Å². The maximum absolute atomic E-state index is 10.4. The SMILES string of the molecule is COc1ccc(PN(CCCNC(=O)O)CC(C)C)cc1. The van der Waals surface area contributed by atoms with Crippen LogP contribution >= 0.6 is 8.73 Å². The van der Waals surface area contributed by atoms with Crippen molar-refractivity contribution in [2.45, 2.75) is 20.3 Å². The van der Waals surface area contributed by atoms with Crippen molar-refractivity contribution in [3.8, 4) is 5.75 Å². The number of amides is 1. The molecule has 1 atom stereocenters. The van der Waals surface area contributed by atoms with Crippen molar-refractivity contribution in [1.82, 2.24) is 9.99 Å². The van der Waals surface area contributed by atoms with Gasteiger partial charge in [-0.1, -0.05) is 13.8 Å². The van der Waals surface area contributed by atoms with E-state index < -0.39 is 6.09 Å². The van der Waals surface area contributed by atoms with Crippen LogP contribution in [0, 0.1) is 5.92 Å². The topological polar surface area (TPSA) is 61.8 Å². The Balaban J connectivity index is 2.49. The zero-order valence-electron chi connectivity index (χ0n) is 12.9. The molecule has 0 saturated carbocycles. The number of rotatable bonds is 9.